The number of hydrogen-bond acceptors (Lipinski definition) is 8. The molecule has 2 aromatic rings. The van der Waals surface area contributed by atoms with Crippen molar-refractivity contribution in [1.29, 1.82) is 0 Å². The summed E-state index contributed by atoms with van der Waals surface area (Å²) in [6.07, 6.45) is 0. The van der Waals surface area contributed by atoms with Crippen LogP contribution in [0.15, 0.2) is 47.4 Å². The normalized spacial score (nSPS) is 22.2. The van der Waals surface area contributed by atoms with Crippen molar-refractivity contribution in [3.05, 3.63) is 48.0 Å². The number of rotatable bonds is 7. The molecule has 8 nitrogen and oxygen atoms in total. The van der Waals surface area contributed by atoms with Crippen LogP contribution in [0.25, 0.3) is 0 Å². The Kier molecular flexibility index (Phi) is 5.65. The van der Waals surface area contributed by atoms with E-state index >= 15 is 0 Å². The fourth-order valence-corrected chi connectivity index (χ4v) is 8.40. The first-order valence-electron chi connectivity index (χ1n) is 9.57. The van der Waals surface area contributed by atoms with E-state index in [0.29, 0.717) is 30.4 Å². The van der Waals surface area contributed by atoms with Crippen molar-refractivity contribution in [2.45, 2.75) is 29.7 Å². The van der Waals surface area contributed by atoms with E-state index in [1.54, 1.807) is 24.3 Å². The molecule has 30 heavy (non-hydrogen) atoms. The zero-order chi connectivity index (χ0) is 21.4. The van der Waals surface area contributed by atoms with Crippen LogP contribution in [0, 0.1) is 0 Å². The second kappa shape index (κ2) is 8.09. The maximum Gasteiger partial charge on any atom is 0.231 e. The summed E-state index contributed by atoms with van der Waals surface area (Å²) in [7, 11) is -7.32. The molecule has 0 radical (unpaired) electrons. The molecule has 1 saturated heterocycles. The van der Waals surface area contributed by atoms with Gasteiger partial charge in [-0.15, -0.1) is 0 Å². The summed E-state index contributed by atoms with van der Waals surface area (Å²) in [6.45, 7) is 2.78. The van der Waals surface area contributed by atoms with Gasteiger partial charge in [0.2, 0.25) is 6.79 Å². The minimum Gasteiger partial charge on any atom is -0.494 e. The lowest BCUT2D eigenvalue weighted by atomic mass is 10.2. The molecule has 2 aliphatic rings. The van der Waals surface area contributed by atoms with Gasteiger partial charge in [0.1, 0.15) is 5.75 Å². The predicted octanol–water partition coefficient (Wildman–Crippen LogP) is 1.54. The van der Waals surface area contributed by atoms with E-state index in [-0.39, 0.29) is 17.4 Å². The molecule has 0 spiro atoms. The Hall–Kier alpha value is -2.30. The zero-order valence-corrected chi connectivity index (χ0v) is 18.0. The smallest absolute Gasteiger partial charge is 0.231 e. The largest absolute Gasteiger partial charge is 0.494 e. The van der Waals surface area contributed by atoms with Crippen LogP contribution >= 0.6 is 0 Å². The van der Waals surface area contributed by atoms with Crippen LogP contribution < -0.4 is 19.5 Å². The topological polar surface area (TPSA) is 108 Å². The van der Waals surface area contributed by atoms with Crippen molar-refractivity contribution < 1.29 is 31.0 Å². The summed E-state index contributed by atoms with van der Waals surface area (Å²) in [5, 5.41) is 2.06. The van der Waals surface area contributed by atoms with Crippen molar-refractivity contribution in [2.24, 2.45) is 0 Å². The molecule has 2 atom stereocenters. The number of hydrogen-bond donors (Lipinski definition) is 1. The molecule has 0 aromatic heterocycles. The summed E-state index contributed by atoms with van der Waals surface area (Å²) in [4.78, 5) is 0.0860. The fourth-order valence-electron chi connectivity index (χ4n) is 3.68. The van der Waals surface area contributed by atoms with Crippen molar-refractivity contribution in [3.63, 3.8) is 0 Å². The van der Waals surface area contributed by atoms with Gasteiger partial charge >= 0.3 is 0 Å². The molecule has 1 fully saturated rings. The summed E-state index contributed by atoms with van der Waals surface area (Å²) in [6, 6.07) is 10.8. The van der Waals surface area contributed by atoms with Gasteiger partial charge in [-0.3, -0.25) is 0 Å². The monoisotopic (exact) mass is 453 g/mol. The van der Waals surface area contributed by atoms with Gasteiger partial charge in [0, 0.05) is 12.6 Å². The number of benzene rings is 2. The second-order valence-corrected chi connectivity index (χ2v) is 11.6. The predicted molar refractivity (Wildman–Crippen MR) is 110 cm³/mol. The molecule has 0 bridgehead atoms. The summed E-state index contributed by atoms with van der Waals surface area (Å²) < 4.78 is 66.9. The molecule has 2 aliphatic heterocycles. The highest BCUT2D eigenvalue weighted by molar-refractivity contribution is 7.96. The molecule has 0 amide bonds. The van der Waals surface area contributed by atoms with E-state index in [1.165, 1.54) is 12.1 Å². The lowest BCUT2D eigenvalue weighted by Crippen LogP contribution is -2.43. The third kappa shape index (κ3) is 4.26. The van der Waals surface area contributed by atoms with Crippen LogP contribution in [0.2, 0.25) is 0 Å². The van der Waals surface area contributed by atoms with E-state index in [0.717, 1.165) is 5.56 Å². The van der Waals surface area contributed by atoms with E-state index in [1.807, 2.05) is 13.0 Å². The highest BCUT2D eigenvalue weighted by Gasteiger charge is 2.45. The molecule has 162 valence electrons. The molecule has 4 rings (SSSR count). The van der Waals surface area contributed by atoms with Crippen LogP contribution in [0.1, 0.15) is 12.5 Å². The molecule has 2 aromatic carbocycles. The summed E-state index contributed by atoms with van der Waals surface area (Å²) >= 11 is 0. The Bertz CT molecular complexity index is 1130. The highest BCUT2D eigenvalue weighted by Crippen LogP contribution is 2.33. The minimum absolute atomic E-state index is 0.0860. The summed E-state index contributed by atoms with van der Waals surface area (Å²) in [5.41, 5.74) is 0.848. The van der Waals surface area contributed by atoms with Gasteiger partial charge in [-0.05, 0) is 48.9 Å². The SMILES string of the molecule is CCOc1ccc(S(=O)(=O)[C@@H]2CS(=O)(=O)C[C@H]2NCc2ccc3c(c2)OCO3)cc1. The molecular formula is C20H23NO7S2. The van der Waals surface area contributed by atoms with Crippen LogP contribution in [0.4, 0.5) is 0 Å². The zero-order valence-electron chi connectivity index (χ0n) is 16.4. The molecule has 2 heterocycles. The minimum atomic E-state index is -3.85. The maximum atomic E-state index is 13.2. The van der Waals surface area contributed by atoms with Crippen LogP contribution in [0.5, 0.6) is 17.2 Å². The van der Waals surface area contributed by atoms with Crippen molar-refractivity contribution >= 4 is 19.7 Å². The van der Waals surface area contributed by atoms with Crippen LogP contribution in [-0.2, 0) is 26.2 Å². The van der Waals surface area contributed by atoms with E-state index in [2.05, 4.69) is 5.32 Å². The quantitative estimate of drug-likeness (QED) is 0.673. The van der Waals surface area contributed by atoms with Gasteiger partial charge in [-0.25, -0.2) is 16.8 Å². The Morgan fingerprint density at radius 1 is 1.07 bits per heavy atom. The number of ether oxygens (including phenoxy) is 3. The third-order valence-electron chi connectivity index (χ3n) is 5.17. The average molecular weight is 454 g/mol. The molecular weight excluding hydrogens is 430 g/mol. The molecule has 0 aliphatic carbocycles. The number of sulfone groups is 2. The van der Waals surface area contributed by atoms with Gasteiger partial charge in [0.25, 0.3) is 0 Å². The van der Waals surface area contributed by atoms with E-state index in [9.17, 15) is 16.8 Å². The number of fused-ring (bicyclic) bond motifs is 1. The van der Waals surface area contributed by atoms with E-state index in [4.69, 9.17) is 14.2 Å². The van der Waals surface area contributed by atoms with Crippen LogP contribution in [-0.4, -0.2) is 53.0 Å². The second-order valence-electron chi connectivity index (χ2n) is 7.24. The van der Waals surface area contributed by atoms with E-state index < -0.39 is 36.7 Å². The van der Waals surface area contributed by atoms with Gasteiger partial charge < -0.3 is 19.5 Å². The summed E-state index contributed by atoms with van der Waals surface area (Å²) in [5.74, 6) is 1.21. The standard InChI is InChI=1S/C20H23NO7S2/c1-2-26-15-4-6-16(7-5-15)30(24,25)20-12-29(22,23)11-17(20)21-10-14-3-8-18-19(9-14)28-13-27-18/h3-9,17,20-21H,2,10-13H2,1H3/t17-,20-/m1/s1. The average Bonchev–Trinajstić information content (AvgIpc) is 3.30. The first-order chi connectivity index (χ1) is 14.3. The maximum absolute atomic E-state index is 13.2. The first-order valence-corrected chi connectivity index (χ1v) is 12.9. The van der Waals surface area contributed by atoms with Crippen molar-refractivity contribution in [2.75, 3.05) is 24.9 Å². The highest BCUT2D eigenvalue weighted by atomic mass is 32.2. The Morgan fingerprint density at radius 2 is 1.80 bits per heavy atom. The van der Waals surface area contributed by atoms with Crippen molar-refractivity contribution in [1.82, 2.24) is 5.32 Å². The van der Waals surface area contributed by atoms with Gasteiger partial charge in [-0.1, -0.05) is 6.07 Å². The van der Waals surface area contributed by atoms with Gasteiger partial charge in [0.15, 0.2) is 31.2 Å². The molecule has 0 unspecified atom stereocenters. The Balaban J connectivity index is 1.53. The Morgan fingerprint density at radius 3 is 2.53 bits per heavy atom. The fraction of sp³-hybridized carbons (Fsp3) is 0.400. The van der Waals surface area contributed by atoms with Crippen LogP contribution in [0.3, 0.4) is 0 Å². The molecule has 0 saturated carbocycles. The Labute approximate surface area is 176 Å². The molecule has 10 heteroatoms. The number of nitrogens with one attached hydrogen (secondary N) is 1. The van der Waals surface area contributed by atoms with Gasteiger partial charge in [0.05, 0.1) is 28.3 Å². The first kappa shape index (κ1) is 21.0. The lowest BCUT2D eigenvalue weighted by Gasteiger charge is -2.20. The van der Waals surface area contributed by atoms with Crippen molar-refractivity contribution in [3.8, 4) is 17.2 Å². The van der Waals surface area contributed by atoms with Gasteiger partial charge in [-0.2, -0.15) is 0 Å². The molecule has 1 N–H and O–H groups in total. The third-order valence-corrected chi connectivity index (χ3v) is 9.33. The lowest BCUT2D eigenvalue weighted by molar-refractivity contribution is 0.174.